The molecule has 5 rings (SSSR count). The number of halogens is 1. The van der Waals surface area contributed by atoms with Crippen LogP contribution in [0.1, 0.15) is 43.9 Å². The fourth-order valence-corrected chi connectivity index (χ4v) is 6.58. The highest BCUT2D eigenvalue weighted by atomic mass is 32.1. The molecule has 234 valence electrons. The molecule has 1 amide bonds. The maximum atomic E-state index is 14.7. The van der Waals surface area contributed by atoms with Crippen LogP contribution in [-0.4, -0.2) is 63.0 Å². The number of nitrogens with zero attached hydrogens (tertiary/aromatic N) is 5. The molecule has 0 bridgehead atoms. The number of thiophene rings is 1. The Kier molecular flexibility index (Phi) is 9.13. The first kappa shape index (κ1) is 31.3. The molecule has 1 aliphatic heterocycles. The predicted molar refractivity (Wildman–Crippen MR) is 163 cm³/mol. The minimum Gasteiger partial charge on any atom is -0.496 e. The van der Waals surface area contributed by atoms with Gasteiger partial charge in [0.15, 0.2) is 0 Å². The number of methoxy groups -OCH3 is 1. The Labute approximate surface area is 256 Å². The standard InChI is InChI=1S/C30H35FN6O6S/c1-6-11-32-28(39)30(3,4)36-25(38)24-18(2)26(37-33-12-13-34-37)44-27(24)35(29(36)40)17-23(43-20-9-14-42-15-10-20)21-16-19(31)7-8-22(21)41-5/h6-8,12-13,16,20,23H,1,9-11,14-15,17H2,2-5H3,(H,32,39). The monoisotopic (exact) mass is 626 g/mol. The molecule has 1 aromatic carbocycles. The van der Waals surface area contributed by atoms with Crippen LogP contribution in [0.2, 0.25) is 0 Å². The Hall–Kier alpha value is -4.14. The van der Waals surface area contributed by atoms with Crippen LogP contribution in [0.15, 0.2) is 52.8 Å². The first-order valence-electron chi connectivity index (χ1n) is 14.2. The van der Waals surface area contributed by atoms with Crippen molar-refractivity contribution in [1.82, 2.24) is 29.4 Å². The molecule has 0 aliphatic carbocycles. The van der Waals surface area contributed by atoms with Crippen LogP contribution in [-0.2, 0) is 26.4 Å². The number of hydrogen-bond donors (Lipinski definition) is 1. The van der Waals surface area contributed by atoms with Crippen molar-refractivity contribution in [2.24, 2.45) is 0 Å². The fourth-order valence-electron chi connectivity index (χ4n) is 5.36. The zero-order chi connectivity index (χ0) is 31.6. The van der Waals surface area contributed by atoms with E-state index < -0.39 is 34.6 Å². The summed E-state index contributed by atoms with van der Waals surface area (Å²) in [4.78, 5) is 43.6. The van der Waals surface area contributed by atoms with Gasteiger partial charge in [0.25, 0.3) is 5.56 Å². The zero-order valence-corrected chi connectivity index (χ0v) is 25.9. The quantitative estimate of drug-likeness (QED) is 0.251. The number of nitrogens with one attached hydrogen (secondary N) is 1. The minimum atomic E-state index is -1.58. The second-order valence-electron chi connectivity index (χ2n) is 10.9. The van der Waals surface area contributed by atoms with Crippen molar-refractivity contribution < 1.29 is 23.4 Å². The lowest BCUT2D eigenvalue weighted by Crippen LogP contribution is -2.56. The third-order valence-corrected chi connectivity index (χ3v) is 9.00. The highest BCUT2D eigenvalue weighted by Crippen LogP contribution is 2.35. The number of carbonyl (C=O) groups excluding carboxylic acids is 1. The lowest BCUT2D eigenvalue weighted by atomic mass is 10.0. The van der Waals surface area contributed by atoms with Crippen LogP contribution in [0.4, 0.5) is 4.39 Å². The molecule has 14 heteroatoms. The van der Waals surface area contributed by atoms with Gasteiger partial charge in [-0.15, -0.1) is 11.4 Å². The van der Waals surface area contributed by atoms with E-state index in [9.17, 15) is 18.8 Å². The van der Waals surface area contributed by atoms with E-state index in [2.05, 4.69) is 22.1 Å². The summed E-state index contributed by atoms with van der Waals surface area (Å²) in [5.74, 6) is -0.650. The van der Waals surface area contributed by atoms with Gasteiger partial charge in [0.05, 0.1) is 37.5 Å². The van der Waals surface area contributed by atoms with E-state index in [0.717, 1.165) is 4.57 Å². The molecule has 1 unspecified atom stereocenters. The molecular weight excluding hydrogens is 591 g/mol. The van der Waals surface area contributed by atoms with Gasteiger partial charge >= 0.3 is 5.69 Å². The molecule has 0 radical (unpaired) electrons. The summed E-state index contributed by atoms with van der Waals surface area (Å²) in [6, 6.07) is 4.12. The minimum absolute atomic E-state index is 0.108. The number of aromatic nitrogens is 5. The number of amides is 1. The third-order valence-electron chi connectivity index (χ3n) is 7.72. The number of carbonyl (C=O) groups is 1. The van der Waals surface area contributed by atoms with Crippen molar-refractivity contribution >= 4 is 27.5 Å². The average Bonchev–Trinajstić information content (AvgIpc) is 3.66. The third kappa shape index (κ3) is 5.84. The van der Waals surface area contributed by atoms with Crippen molar-refractivity contribution in [3.05, 3.63) is 81.0 Å². The number of ether oxygens (including phenoxy) is 3. The molecule has 0 spiro atoms. The summed E-state index contributed by atoms with van der Waals surface area (Å²) in [5.41, 5.74) is -1.99. The van der Waals surface area contributed by atoms with Crippen molar-refractivity contribution in [3.63, 3.8) is 0 Å². The van der Waals surface area contributed by atoms with Crippen molar-refractivity contribution in [1.29, 1.82) is 0 Å². The number of benzene rings is 1. The van der Waals surface area contributed by atoms with E-state index in [0.29, 0.717) is 52.8 Å². The molecule has 1 aliphatic rings. The fraction of sp³-hybridized carbons (Fsp3) is 0.433. The van der Waals surface area contributed by atoms with Crippen molar-refractivity contribution in [3.8, 4) is 10.8 Å². The Morgan fingerprint density at radius 2 is 1.98 bits per heavy atom. The number of fused-ring (bicyclic) bond motifs is 1. The van der Waals surface area contributed by atoms with Crippen LogP contribution in [0, 0.1) is 12.7 Å². The number of rotatable bonds is 11. The molecular formula is C30H35FN6O6S. The summed E-state index contributed by atoms with van der Waals surface area (Å²) in [5, 5.41) is 11.9. The lowest BCUT2D eigenvalue weighted by molar-refractivity contribution is -0.128. The van der Waals surface area contributed by atoms with E-state index in [1.54, 1.807) is 6.92 Å². The molecule has 4 heterocycles. The first-order valence-corrected chi connectivity index (χ1v) is 15.0. The van der Waals surface area contributed by atoms with Gasteiger partial charge in [-0.1, -0.05) is 17.4 Å². The normalized spacial score (nSPS) is 14.9. The average molecular weight is 627 g/mol. The summed E-state index contributed by atoms with van der Waals surface area (Å²) in [6.07, 6.45) is 4.67. The van der Waals surface area contributed by atoms with Gasteiger partial charge in [0, 0.05) is 30.9 Å². The van der Waals surface area contributed by atoms with Crippen LogP contribution in [0.5, 0.6) is 5.75 Å². The Bertz CT molecular complexity index is 1790. The highest BCUT2D eigenvalue weighted by molar-refractivity contribution is 7.21. The van der Waals surface area contributed by atoms with Crippen LogP contribution in [0.25, 0.3) is 15.2 Å². The van der Waals surface area contributed by atoms with Crippen LogP contribution in [0.3, 0.4) is 0 Å². The molecule has 12 nitrogen and oxygen atoms in total. The smallest absolute Gasteiger partial charge is 0.333 e. The Balaban J connectivity index is 1.76. The first-order chi connectivity index (χ1) is 21.1. The van der Waals surface area contributed by atoms with E-state index in [1.807, 2.05) is 0 Å². The maximum Gasteiger partial charge on any atom is 0.333 e. The van der Waals surface area contributed by atoms with Crippen LogP contribution < -0.4 is 21.3 Å². The van der Waals surface area contributed by atoms with Gasteiger partial charge in [-0.3, -0.25) is 14.2 Å². The summed E-state index contributed by atoms with van der Waals surface area (Å²) in [6.45, 7) is 9.44. The van der Waals surface area contributed by atoms with Gasteiger partial charge < -0.3 is 19.5 Å². The zero-order valence-electron chi connectivity index (χ0n) is 25.0. The number of hydrogen-bond acceptors (Lipinski definition) is 9. The van der Waals surface area contributed by atoms with Gasteiger partial charge in [0.2, 0.25) is 5.91 Å². The van der Waals surface area contributed by atoms with Gasteiger partial charge in [-0.25, -0.2) is 13.8 Å². The topological polar surface area (TPSA) is 132 Å². The molecule has 1 N–H and O–H groups in total. The molecule has 44 heavy (non-hydrogen) atoms. The van der Waals surface area contributed by atoms with Gasteiger partial charge in [-0.2, -0.15) is 10.2 Å². The van der Waals surface area contributed by atoms with Crippen molar-refractivity contribution in [2.75, 3.05) is 26.9 Å². The van der Waals surface area contributed by atoms with Crippen molar-refractivity contribution in [2.45, 2.75) is 57.9 Å². The second kappa shape index (κ2) is 12.8. The molecule has 1 saturated heterocycles. The SMILES string of the molecule is C=CCNC(=O)C(C)(C)n1c(=O)c2c(C)c(-n3nccn3)sc2n(CC(OC2CCOCC2)c2cc(F)ccc2OC)c1=O. The Morgan fingerprint density at radius 3 is 2.64 bits per heavy atom. The summed E-state index contributed by atoms with van der Waals surface area (Å²) >= 11 is 1.17. The molecule has 0 saturated carbocycles. The molecule has 3 aromatic heterocycles. The van der Waals surface area contributed by atoms with E-state index in [4.69, 9.17) is 14.2 Å². The van der Waals surface area contributed by atoms with Crippen LogP contribution >= 0.6 is 11.3 Å². The molecule has 1 atom stereocenters. The lowest BCUT2D eigenvalue weighted by Gasteiger charge is -2.30. The predicted octanol–water partition coefficient (Wildman–Crippen LogP) is 3.24. The van der Waals surface area contributed by atoms with E-state index >= 15 is 0 Å². The number of aryl methyl sites for hydroxylation is 1. The highest BCUT2D eigenvalue weighted by Gasteiger charge is 2.36. The molecule has 1 fully saturated rings. The largest absolute Gasteiger partial charge is 0.496 e. The molecule has 4 aromatic rings. The van der Waals surface area contributed by atoms with E-state index in [1.165, 1.54) is 78.3 Å². The van der Waals surface area contributed by atoms with E-state index in [-0.39, 0.29) is 24.6 Å². The summed E-state index contributed by atoms with van der Waals surface area (Å²) < 4.78 is 34.7. The van der Waals surface area contributed by atoms with Gasteiger partial charge in [-0.05, 0) is 51.8 Å². The second-order valence-corrected chi connectivity index (χ2v) is 11.9. The summed E-state index contributed by atoms with van der Waals surface area (Å²) in [7, 11) is 1.48. The van der Waals surface area contributed by atoms with Gasteiger partial charge in [0.1, 0.15) is 33.0 Å². The Morgan fingerprint density at radius 1 is 1.27 bits per heavy atom. The maximum absolute atomic E-state index is 14.7.